The van der Waals surface area contributed by atoms with Gasteiger partial charge in [0.2, 0.25) is 0 Å². The van der Waals surface area contributed by atoms with Crippen LogP contribution in [0.15, 0.2) is 57.6 Å². The summed E-state index contributed by atoms with van der Waals surface area (Å²) in [6.45, 7) is 0. The molecule has 15 heteroatoms. The van der Waals surface area contributed by atoms with Crippen LogP contribution in [-0.2, 0) is 44.3 Å². The maximum absolute atomic E-state index is 10.5. The number of aliphatic carboxylic acids is 1. The molecule has 4 aromatic rings. The van der Waals surface area contributed by atoms with Gasteiger partial charge in [0.15, 0.2) is 11.2 Å². The Bertz CT molecular complexity index is 1260. The molecule has 32 heavy (non-hydrogen) atoms. The quantitative estimate of drug-likeness (QED) is 0.166. The van der Waals surface area contributed by atoms with Crippen molar-refractivity contribution in [2.75, 3.05) is 0 Å². The Kier molecular flexibility index (Phi) is 14.3. The van der Waals surface area contributed by atoms with Gasteiger partial charge in [0, 0.05) is 10.8 Å². The summed E-state index contributed by atoms with van der Waals surface area (Å²) in [6.07, 6.45) is 0.233. The molecule has 2 heterocycles. The second-order valence-electron chi connectivity index (χ2n) is 5.62. The number of hydrogen-bond donors (Lipinski definition) is 1. The van der Waals surface area contributed by atoms with Crippen molar-refractivity contribution in [3.63, 3.8) is 0 Å². The normalized spacial score (nSPS) is 9.78. The Hall–Kier alpha value is -1.16. The third-order valence-corrected chi connectivity index (χ3v) is 4.16. The van der Waals surface area contributed by atoms with E-state index in [1.807, 2.05) is 12.1 Å². The van der Waals surface area contributed by atoms with Crippen LogP contribution in [0.4, 0.5) is 0 Å². The Morgan fingerprint density at radius 1 is 0.969 bits per heavy atom. The van der Waals surface area contributed by atoms with Crippen LogP contribution in [0, 0.1) is 0 Å². The summed E-state index contributed by atoms with van der Waals surface area (Å²) in [6, 6.07) is 14.0. The van der Waals surface area contributed by atoms with Gasteiger partial charge in [0.1, 0.15) is 21.5 Å². The molecule has 2 aromatic carbocycles. The van der Waals surface area contributed by atoms with Crippen LogP contribution < -0.4 is 59.1 Å². The molecule has 0 unspecified atom stereocenters. The van der Waals surface area contributed by atoms with Gasteiger partial charge in [0.05, 0.1) is 12.2 Å². The largest absolute Gasteiger partial charge is 1.00 e. The summed E-state index contributed by atoms with van der Waals surface area (Å²) in [5.41, 5.74) is 1.74. The Morgan fingerprint density at radius 2 is 1.38 bits per heavy atom. The maximum atomic E-state index is 10.5. The van der Waals surface area contributed by atoms with E-state index in [4.69, 9.17) is 18.9 Å². The third-order valence-electron chi connectivity index (χ3n) is 3.54. The van der Waals surface area contributed by atoms with Crippen LogP contribution in [0.25, 0.3) is 21.9 Å². The zero-order valence-corrected chi connectivity index (χ0v) is 22.8. The summed E-state index contributed by atoms with van der Waals surface area (Å²) in [7, 11) is -4.31. The van der Waals surface area contributed by atoms with Crippen LogP contribution in [-0.4, -0.2) is 40.8 Å². The fraction of sp³-hybridized carbons (Fsp3) is 0.118. The molecule has 1 N–H and O–H groups in total. The van der Waals surface area contributed by atoms with Gasteiger partial charge < -0.3 is 18.7 Å². The van der Waals surface area contributed by atoms with Crippen molar-refractivity contribution >= 4 is 56.9 Å². The standard InChI is InChI=1S/C9H7NO3.C8H7NO4S.BOS.2Na/c11-9(12)5-7-6-3-1-2-4-8(6)13-10-7;10-14(11,12)5-7-6-3-1-2-4-8(6)13-9-7;2-1-3;;/h1-4H,5H2,(H,11,12);1-4H,5H2,(H,10,11,12);;;/q;;-1;2*+1/p-1. The molecule has 0 aliphatic rings. The minimum atomic E-state index is -4.31. The molecule has 0 spiro atoms. The number of benzene rings is 2. The Labute approximate surface area is 233 Å². The molecule has 0 saturated heterocycles. The Balaban J connectivity index is 0.000000508. The van der Waals surface area contributed by atoms with E-state index < -0.39 is 21.8 Å². The zero-order chi connectivity index (χ0) is 22.1. The minimum absolute atomic E-state index is 0. The molecule has 0 radical (unpaired) electrons. The van der Waals surface area contributed by atoms with Gasteiger partial charge in [-0.05, 0) is 24.3 Å². The van der Waals surface area contributed by atoms with Crippen molar-refractivity contribution in [3.8, 4) is 0 Å². The van der Waals surface area contributed by atoms with E-state index in [1.165, 1.54) is 0 Å². The van der Waals surface area contributed by atoms with E-state index in [0.717, 1.165) is 5.39 Å². The molecule has 156 valence electrons. The first-order valence-electron chi connectivity index (χ1n) is 8.12. The molecule has 0 saturated carbocycles. The first-order chi connectivity index (χ1) is 14.2. The van der Waals surface area contributed by atoms with Gasteiger partial charge in [-0.25, -0.2) is 8.42 Å². The molecule has 2 aromatic heterocycles. The number of nitrogens with zero attached hydrogens (tertiary/aromatic N) is 2. The summed E-state index contributed by atoms with van der Waals surface area (Å²) < 4.78 is 49.9. The summed E-state index contributed by atoms with van der Waals surface area (Å²) in [4.78, 5) is 10.4. The predicted molar refractivity (Wildman–Crippen MR) is 107 cm³/mol. The van der Waals surface area contributed by atoms with E-state index in [1.54, 1.807) is 36.4 Å². The maximum Gasteiger partial charge on any atom is 1.00 e. The summed E-state index contributed by atoms with van der Waals surface area (Å²) >= 11 is 3.71. The van der Waals surface area contributed by atoms with Crippen molar-refractivity contribution in [1.29, 1.82) is 0 Å². The fourth-order valence-corrected chi connectivity index (χ4v) is 2.96. The number of carboxylic acids is 1. The predicted octanol–water partition coefficient (Wildman–Crippen LogP) is -4.17. The van der Waals surface area contributed by atoms with E-state index in [2.05, 4.69) is 22.8 Å². The SMILES string of the molecule is O=B[S-].O=C(O)Cc1noc2ccccc12.O=S(=O)([O-])Cc1noc2ccccc12.[Na+].[Na+]. The smallest absolute Gasteiger partial charge is 0.748 e. The third kappa shape index (κ3) is 9.77. The second-order valence-corrected chi connectivity index (χ2v) is 7.22. The molecular formula is C17H13BN2Na2O8S2. The van der Waals surface area contributed by atoms with E-state index in [9.17, 15) is 17.8 Å². The van der Waals surface area contributed by atoms with Gasteiger partial charge in [-0.2, -0.15) is 0 Å². The number of rotatable bonds is 4. The van der Waals surface area contributed by atoms with Crippen LogP contribution in [0.5, 0.6) is 0 Å². The molecule has 0 fully saturated rings. The van der Waals surface area contributed by atoms with E-state index >= 15 is 0 Å². The van der Waals surface area contributed by atoms with E-state index in [-0.39, 0.29) is 71.2 Å². The van der Waals surface area contributed by atoms with Crippen LogP contribution in [0.1, 0.15) is 11.4 Å². The number of hydrogen-bond acceptors (Lipinski definition) is 10. The number of carboxylic acid groups (broad SMARTS) is 1. The fourth-order valence-electron chi connectivity index (χ4n) is 2.42. The molecule has 0 aliphatic heterocycles. The summed E-state index contributed by atoms with van der Waals surface area (Å²) in [5.74, 6) is -1.54. The van der Waals surface area contributed by atoms with Crippen molar-refractivity contribution in [2.45, 2.75) is 12.2 Å². The van der Waals surface area contributed by atoms with Gasteiger partial charge in [0.25, 0.3) is 0 Å². The average molecular weight is 494 g/mol. The molecule has 10 nitrogen and oxygen atoms in total. The van der Waals surface area contributed by atoms with Crippen molar-refractivity contribution < 1.29 is 95.7 Å². The number of aromatic nitrogens is 2. The van der Waals surface area contributed by atoms with Gasteiger partial charge in [-0.1, -0.05) is 34.6 Å². The minimum Gasteiger partial charge on any atom is -0.748 e. The van der Waals surface area contributed by atoms with Gasteiger partial charge >= 0.3 is 88.7 Å². The van der Waals surface area contributed by atoms with Gasteiger partial charge in [-0.15, -0.1) is 0 Å². The van der Waals surface area contributed by atoms with Crippen molar-refractivity contribution in [3.05, 3.63) is 59.9 Å². The number of para-hydroxylation sites is 2. The molecule has 0 atom stereocenters. The number of fused-ring (bicyclic) bond motifs is 2. The van der Waals surface area contributed by atoms with Crippen LogP contribution in [0.2, 0.25) is 0 Å². The monoisotopic (exact) mass is 494 g/mol. The van der Waals surface area contributed by atoms with Gasteiger partial charge in [-0.3, -0.25) is 4.79 Å². The first-order valence-corrected chi connectivity index (χ1v) is 10.2. The van der Waals surface area contributed by atoms with E-state index in [0.29, 0.717) is 28.7 Å². The molecular weight excluding hydrogens is 481 g/mol. The van der Waals surface area contributed by atoms with Crippen LogP contribution in [0.3, 0.4) is 0 Å². The zero-order valence-electron chi connectivity index (χ0n) is 17.1. The number of carbonyl (C=O) groups is 1. The van der Waals surface area contributed by atoms with Crippen LogP contribution >= 0.6 is 0 Å². The Morgan fingerprint density at radius 3 is 1.81 bits per heavy atom. The molecule has 0 amide bonds. The second kappa shape index (κ2) is 14.9. The molecule has 0 bridgehead atoms. The topological polar surface area (TPSA) is 164 Å². The first kappa shape index (κ1) is 30.8. The van der Waals surface area contributed by atoms with Crippen molar-refractivity contribution in [2.24, 2.45) is 0 Å². The van der Waals surface area contributed by atoms with Crippen molar-refractivity contribution in [1.82, 2.24) is 10.3 Å². The summed E-state index contributed by atoms with van der Waals surface area (Å²) in [5, 5.41) is 17.1. The molecule has 0 aliphatic carbocycles. The average Bonchev–Trinajstić information content (AvgIpc) is 3.26. The molecule has 4 rings (SSSR count).